The van der Waals surface area contributed by atoms with Crippen LogP contribution >= 0.6 is 0 Å². The zero-order chi connectivity index (χ0) is 12.1. The first-order chi connectivity index (χ1) is 8.29. The molecule has 1 aromatic carbocycles. The first-order valence-corrected chi connectivity index (χ1v) is 6.40. The first kappa shape index (κ1) is 12.4. The topological polar surface area (TPSA) is 32.7 Å². The van der Waals surface area contributed by atoms with Gasteiger partial charge in [-0.05, 0) is 12.5 Å². The standard InChI is InChI=1S/C14H21NO2/c1-2-5-13(16)11-15-8-9-17-14-7-4-3-6-12(14)10-15/h3-4,6-7,13,16H,2,5,8-11H2,1H3. The van der Waals surface area contributed by atoms with Crippen LogP contribution < -0.4 is 4.74 Å². The summed E-state index contributed by atoms with van der Waals surface area (Å²) in [6.45, 7) is 5.30. The third-order valence-electron chi connectivity index (χ3n) is 3.12. The van der Waals surface area contributed by atoms with Crippen molar-refractivity contribution in [3.05, 3.63) is 29.8 Å². The fourth-order valence-electron chi connectivity index (χ4n) is 2.26. The highest BCUT2D eigenvalue weighted by molar-refractivity contribution is 5.33. The lowest BCUT2D eigenvalue weighted by Gasteiger charge is -2.22. The maximum absolute atomic E-state index is 9.86. The number of aliphatic hydroxyl groups is 1. The van der Waals surface area contributed by atoms with Crippen LogP contribution in [-0.2, 0) is 6.54 Å². The van der Waals surface area contributed by atoms with Crippen LogP contribution in [0.3, 0.4) is 0 Å². The molecule has 0 bridgehead atoms. The Balaban J connectivity index is 1.98. The van der Waals surface area contributed by atoms with Gasteiger partial charge >= 0.3 is 0 Å². The van der Waals surface area contributed by atoms with Gasteiger partial charge in [-0.25, -0.2) is 0 Å². The van der Waals surface area contributed by atoms with Crippen LogP contribution in [0.4, 0.5) is 0 Å². The summed E-state index contributed by atoms with van der Waals surface area (Å²) in [4.78, 5) is 2.27. The van der Waals surface area contributed by atoms with Gasteiger partial charge in [0.15, 0.2) is 0 Å². The van der Waals surface area contributed by atoms with E-state index in [1.165, 1.54) is 5.56 Å². The Kier molecular flexibility index (Phi) is 4.40. The number of fused-ring (bicyclic) bond motifs is 1. The summed E-state index contributed by atoms with van der Waals surface area (Å²) in [7, 11) is 0. The molecular weight excluding hydrogens is 214 g/mol. The van der Waals surface area contributed by atoms with Gasteiger partial charge in [-0.1, -0.05) is 31.5 Å². The van der Waals surface area contributed by atoms with Crippen molar-refractivity contribution in [1.29, 1.82) is 0 Å². The predicted molar refractivity (Wildman–Crippen MR) is 68.1 cm³/mol. The fraction of sp³-hybridized carbons (Fsp3) is 0.571. The van der Waals surface area contributed by atoms with Gasteiger partial charge in [-0.3, -0.25) is 4.90 Å². The van der Waals surface area contributed by atoms with E-state index in [9.17, 15) is 5.11 Å². The van der Waals surface area contributed by atoms with Crippen molar-refractivity contribution < 1.29 is 9.84 Å². The molecule has 3 heteroatoms. The smallest absolute Gasteiger partial charge is 0.123 e. The number of aliphatic hydroxyl groups excluding tert-OH is 1. The van der Waals surface area contributed by atoms with E-state index in [-0.39, 0.29) is 6.10 Å². The fourth-order valence-corrected chi connectivity index (χ4v) is 2.26. The van der Waals surface area contributed by atoms with Gasteiger partial charge in [0.1, 0.15) is 12.4 Å². The molecule has 2 rings (SSSR count). The average Bonchev–Trinajstić information content (AvgIpc) is 2.50. The van der Waals surface area contributed by atoms with Gasteiger partial charge in [0.25, 0.3) is 0 Å². The monoisotopic (exact) mass is 235 g/mol. The molecule has 0 saturated carbocycles. The molecule has 0 saturated heterocycles. The van der Waals surface area contributed by atoms with Crippen LogP contribution in [0, 0.1) is 0 Å². The summed E-state index contributed by atoms with van der Waals surface area (Å²) in [5.41, 5.74) is 1.22. The zero-order valence-electron chi connectivity index (χ0n) is 10.4. The molecule has 0 fully saturated rings. The quantitative estimate of drug-likeness (QED) is 0.867. The number of hydrogen-bond donors (Lipinski definition) is 1. The molecule has 1 unspecified atom stereocenters. The van der Waals surface area contributed by atoms with E-state index in [0.717, 1.165) is 38.2 Å². The number of ether oxygens (including phenoxy) is 1. The third-order valence-corrected chi connectivity index (χ3v) is 3.12. The molecule has 1 N–H and O–H groups in total. The Labute approximate surface area is 103 Å². The first-order valence-electron chi connectivity index (χ1n) is 6.40. The molecule has 1 aromatic rings. The number of rotatable bonds is 4. The lowest BCUT2D eigenvalue weighted by Crippen LogP contribution is -2.33. The summed E-state index contributed by atoms with van der Waals surface area (Å²) < 4.78 is 5.70. The Morgan fingerprint density at radius 1 is 1.41 bits per heavy atom. The number of para-hydroxylation sites is 1. The average molecular weight is 235 g/mol. The largest absolute Gasteiger partial charge is 0.492 e. The normalized spacial score (nSPS) is 18.0. The summed E-state index contributed by atoms with van der Waals surface area (Å²) in [6, 6.07) is 8.15. The Morgan fingerprint density at radius 2 is 2.24 bits per heavy atom. The number of β-amino-alcohol motifs (C(OH)–C–C–N with tert-alkyl or cyclic N) is 1. The summed E-state index contributed by atoms with van der Waals surface area (Å²) in [6.07, 6.45) is 1.69. The van der Waals surface area contributed by atoms with E-state index < -0.39 is 0 Å². The van der Waals surface area contributed by atoms with Crippen LogP contribution in [0.15, 0.2) is 24.3 Å². The Hall–Kier alpha value is -1.06. The van der Waals surface area contributed by atoms with Crippen LogP contribution in [0.25, 0.3) is 0 Å². The van der Waals surface area contributed by atoms with Gasteiger partial charge in [-0.15, -0.1) is 0 Å². The van der Waals surface area contributed by atoms with E-state index in [2.05, 4.69) is 17.9 Å². The molecule has 0 aromatic heterocycles. The van der Waals surface area contributed by atoms with E-state index >= 15 is 0 Å². The minimum atomic E-state index is -0.217. The molecule has 94 valence electrons. The van der Waals surface area contributed by atoms with Crippen LogP contribution in [0.2, 0.25) is 0 Å². The maximum Gasteiger partial charge on any atom is 0.123 e. The molecule has 0 spiro atoms. The van der Waals surface area contributed by atoms with E-state index in [4.69, 9.17) is 4.74 Å². The third kappa shape index (κ3) is 3.45. The van der Waals surface area contributed by atoms with Gasteiger partial charge in [0.05, 0.1) is 6.10 Å². The molecule has 0 aliphatic carbocycles. The van der Waals surface area contributed by atoms with Crippen molar-refractivity contribution in [2.75, 3.05) is 19.7 Å². The second-order valence-electron chi connectivity index (χ2n) is 4.63. The van der Waals surface area contributed by atoms with Crippen molar-refractivity contribution in [1.82, 2.24) is 4.90 Å². The van der Waals surface area contributed by atoms with Crippen molar-refractivity contribution >= 4 is 0 Å². The molecular formula is C14H21NO2. The van der Waals surface area contributed by atoms with Crippen LogP contribution in [0.1, 0.15) is 25.3 Å². The van der Waals surface area contributed by atoms with Crippen molar-refractivity contribution in [2.45, 2.75) is 32.4 Å². The molecule has 3 nitrogen and oxygen atoms in total. The molecule has 1 heterocycles. The Bertz CT molecular complexity index is 354. The van der Waals surface area contributed by atoms with Crippen molar-refractivity contribution in [2.24, 2.45) is 0 Å². The molecule has 1 aliphatic rings. The van der Waals surface area contributed by atoms with Gasteiger partial charge in [0, 0.05) is 25.2 Å². The lowest BCUT2D eigenvalue weighted by atomic mass is 10.1. The Morgan fingerprint density at radius 3 is 3.06 bits per heavy atom. The van der Waals surface area contributed by atoms with Gasteiger partial charge in [0.2, 0.25) is 0 Å². The maximum atomic E-state index is 9.86. The molecule has 0 radical (unpaired) electrons. The number of nitrogens with zero attached hydrogens (tertiary/aromatic N) is 1. The van der Waals surface area contributed by atoms with Crippen LogP contribution in [-0.4, -0.2) is 35.8 Å². The molecule has 0 amide bonds. The van der Waals surface area contributed by atoms with E-state index in [1.54, 1.807) is 0 Å². The van der Waals surface area contributed by atoms with Crippen LogP contribution in [0.5, 0.6) is 5.75 Å². The number of benzene rings is 1. The lowest BCUT2D eigenvalue weighted by molar-refractivity contribution is 0.0973. The summed E-state index contributed by atoms with van der Waals surface area (Å²) in [5, 5.41) is 9.86. The predicted octanol–water partition coefficient (Wildman–Crippen LogP) is 2.04. The molecule has 17 heavy (non-hydrogen) atoms. The zero-order valence-corrected chi connectivity index (χ0v) is 10.4. The van der Waals surface area contributed by atoms with E-state index in [1.807, 2.05) is 18.2 Å². The molecule has 1 atom stereocenters. The molecule has 1 aliphatic heterocycles. The summed E-state index contributed by atoms with van der Waals surface area (Å²) >= 11 is 0. The highest BCUT2D eigenvalue weighted by Gasteiger charge is 2.16. The second kappa shape index (κ2) is 6.03. The minimum Gasteiger partial charge on any atom is -0.492 e. The number of hydrogen-bond acceptors (Lipinski definition) is 3. The van der Waals surface area contributed by atoms with E-state index in [0.29, 0.717) is 6.61 Å². The highest BCUT2D eigenvalue weighted by Crippen LogP contribution is 2.22. The van der Waals surface area contributed by atoms with Crippen molar-refractivity contribution in [3.8, 4) is 5.75 Å². The second-order valence-corrected chi connectivity index (χ2v) is 4.63. The highest BCUT2D eigenvalue weighted by atomic mass is 16.5. The van der Waals surface area contributed by atoms with Gasteiger partial charge in [-0.2, -0.15) is 0 Å². The van der Waals surface area contributed by atoms with Gasteiger partial charge < -0.3 is 9.84 Å². The minimum absolute atomic E-state index is 0.217. The summed E-state index contributed by atoms with van der Waals surface area (Å²) in [5.74, 6) is 0.986. The SMILES string of the molecule is CCCC(O)CN1CCOc2ccccc2C1. The van der Waals surface area contributed by atoms with Crippen molar-refractivity contribution in [3.63, 3.8) is 0 Å².